The average Bonchev–Trinajstić information content (AvgIpc) is 2.46. The van der Waals surface area contributed by atoms with Crippen LogP contribution < -0.4 is 5.32 Å². The minimum absolute atomic E-state index is 0.220. The molecule has 1 saturated heterocycles. The summed E-state index contributed by atoms with van der Waals surface area (Å²) in [5.41, 5.74) is 0.961. The van der Waals surface area contributed by atoms with E-state index in [1.807, 2.05) is 30.3 Å². The first kappa shape index (κ1) is 12.5. The van der Waals surface area contributed by atoms with Gasteiger partial charge in [-0.2, -0.15) is 0 Å². The van der Waals surface area contributed by atoms with Crippen molar-refractivity contribution in [2.45, 2.75) is 24.9 Å². The van der Waals surface area contributed by atoms with E-state index >= 15 is 0 Å². The molecule has 1 saturated carbocycles. The largest absolute Gasteiger partial charge is 0.314 e. The van der Waals surface area contributed by atoms with Crippen LogP contribution in [0.4, 0.5) is 0 Å². The molecule has 2 unspecified atom stereocenters. The molecule has 0 amide bonds. The highest BCUT2D eigenvalue weighted by Gasteiger charge is 2.53. The van der Waals surface area contributed by atoms with Crippen molar-refractivity contribution >= 4 is 11.6 Å². The normalized spacial score (nSPS) is 32.2. The fraction of sp³-hybridized carbons (Fsp3) is 0.467. The molecule has 1 aliphatic heterocycles. The third-order valence-electron chi connectivity index (χ3n) is 4.18. The number of hydrogen-bond donors (Lipinski definition) is 1. The van der Waals surface area contributed by atoms with Crippen molar-refractivity contribution in [2.24, 2.45) is 0 Å². The van der Waals surface area contributed by atoms with Gasteiger partial charge in [-0.1, -0.05) is 30.3 Å². The summed E-state index contributed by atoms with van der Waals surface area (Å²) in [6, 6.07) is 9.68. The zero-order valence-corrected chi connectivity index (χ0v) is 11.0. The van der Waals surface area contributed by atoms with Crippen LogP contribution in [-0.2, 0) is 9.59 Å². The van der Waals surface area contributed by atoms with E-state index in [0.29, 0.717) is 6.04 Å². The number of hydrogen-bond acceptors (Lipinski definition) is 4. The molecule has 3 atom stereocenters. The van der Waals surface area contributed by atoms with Crippen molar-refractivity contribution in [3.05, 3.63) is 35.9 Å². The SMILES string of the molecule is C[C@H]1CNCCN1C1C(=O)C(=O)C1c1ccccc1. The molecule has 19 heavy (non-hydrogen) atoms. The van der Waals surface area contributed by atoms with Gasteiger partial charge in [-0.05, 0) is 12.5 Å². The third-order valence-corrected chi connectivity index (χ3v) is 4.18. The molecule has 1 aliphatic carbocycles. The quantitative estimate of drug-likeness (QED) is 0.789. The molecule has 1 N–H and O–H groups in total. The van der Waals surface area contributed by atoms with Crippen LogP contribution in [-0.4, -0.2) is 48.2 Å². The predicted molar refractivity (Wildman–Crippen MR) is 72.0 cm³/mol. The van der Waals surface area contributed by atoms with E-state index in [1.165, 1.54) is 0 Å². The molecule has 100 valence electrons. The highest BCUT2D eigenvalue weighted by atomic mass is 16.2. The molecule has 0 radical (unpaired) electrons. The Labute approximate surface area is 112 Å². The molecule has 1 aromatic rings. The Kier molecular flexibility index (Phi) is 3.21. The van der Waals surface area contributed by atoms with E-state index in [2.05, 4.69) is 17.1 Å². The first-order valence-electron chi connectivity index (χ1n) is 6.79. The maximum absolute atomic E-state index is 12.0. The fourth-order valence-electron chi connectivity index (χ4n) is 3.10. The summed E-state index contributed by atoms with van der Waals surface area (Å²) in [6.07, 6.45) is 0. The summed E-state index contributed by atoms with van der Waals surface area (Å²) < 4.78 is 0. The number of benzene rings is 1. The third kappa shape index (κ3) is 2.01. The van der Waals surface area contributed by atoms with Crippen LogP contribution >= 0.6 is 0 Å². The highest BCUT2D eigenvalue weighted by Crippen LogP contribution is 2.35. The Balaban J connectivity index is 1.87. The Morgan fingerprint density at radius 1 is 1.16 bits per heavy atom. The number of Topliss-reactive ketones (excluding diaryl/α,β-unsaturated/α-hetero) is 2. The van der Waals surface area contributed by atoms with Crippen molar-refractivity contribution < 1.29 is 9.59 Å². The van der Waals surface area contributed by atoms with Crippen LogP contribution in [0.3, 0.4) is 0 Å². The summed E-state index contributed by atoms with van der Waals surface area (Å²) in [4.78, 5) is 26.1. The van der Waals surface area contributed by atoms with Crippen molar-refractivity contribution in [3.63, 3.8) is 0 Å². The smallest absolute Gasteiger partial charge is 0.217 e. The van der Waals surface area contributed by atoms with Gasteiger partial charge in [0, 0.05) is 25.7 Å². The minimum Gasteiger partial charge on any atom is -0.314 e. The number of carbonyl (C=O) groups excluding carboxylic acids is 2. The first-order valence-corrected chi connectivity index (χ1v) is 6.79. The van der Waals surface area contributed by atoms with E-state index in [9.17, 15) is 9.59 Å². The lowest BCUT2D eigenvalue weighted by molar-refractivity contribution is -0.152. The summed E-state index contributed by atoms with van der Waals surface area (Å²) in [6.45, 7) is 4.68. The molecule has 4 nitrogen and oxygen atoms in total. The number of ketones is 2. The number of piperazine rings is 1. The van der Waals surface area contributed by atoms with Gasteiger partial charge in [0.1, 0.15) is 0 Å². The number of carbonyl (C=O) groups is 2. The van der Waals surface area contributed by atoms with Gasteiger partial charge in [-0.25, -0.2) is 0 Å². The van der Waals surface area contributed by atoms with Gasteiger partial charge in [0.25, 0.3) is 0 Å². The fourth-order valence-corrected chi connectivity index (χ4v) is 3.10. The van der Waals surface area contributed by atoms with Crippen LogP contribution in [0.15, 0.2) is 30.3 Å². The van der Waals surface area contributed by atoms with E-state index in [1.54, 1.807) is 0 Å². The lowest BCUT2D eigenvalue weighted by Gasteiger charge is -2.46. The highest BCUT2D eigenvalue weighted by molar-refractivity contribution is 6.49. The molecule has 0 aromatic heterocycles. The second kappa shape index (κ2) is 4.87. The maximum atomic E-state index is 12.0. The first-order chi connectivity index (χ1) is 9.20. The van der Waals surface area contributed by atoms with E-state index in [0.717, 1.165) is 25.2 Å². The Morgan fingerprint density at radius 2 is 1.89 bits per heavy atom. The van der Waals surface area contributed by atoms with Crippen molar-refractivity contribution in [3.8, 4) is 0 Å². The summed E-state index contributed by atoms with van der Waals surface area (Å²) in [7, 11) is 0. The lowest BCUT2D eigenvalue weighted by Crippen LogP contribution is -2.65. The predicted octanol–water partition coefficient (Wildman–Crippen LogP) is 0.584. The van der Waals surface area contributed by atoms with Gasteiger partial charge in [0.05, 0.1) is 12.0 Å². The maximum Gasteiger partial charge on any atom is 0.217 e. The van der Waals surface area contributed by atoms with Crippen molar-refractivity contribution in [1.82, 2.24) is 10.2 Å². The number of nitrogens with one attached hydrogen (secondary N) is 1. The van der Waals surface area contributed by atoms with E-state index < -0.39 is 0 Å². The van der Waals surface area contributed by atoms with Crippen LogP contribution in [0.25, 0.3) is 0 Å². The monoisotopic (exact) mass is 258 g/mol. The minimum atomic E-state index is -0.269. The van der Waals surface area contributed by atoms with Gasteiger partial charge in [-0.3, -0.25) is 14.5 Å². The van der Waals surface area contributed by atoms with E-state index in [4.69, 9.17) is 0 Å². The zero-order valence-electron chi connectivity index (χ0n) is 11.0. The zero-order chi connectivity index (χ0) is 13.4. The summed E-state index contributed by atoms with van der Waals surface area (Å²) in [5, 5.41) is 3.31. The molecule has 2 aliphatic rings. The number of nitrogens with zero attached hydrogens (tertiary/aromatic N) is 1. The second-order valence-corrected chi connectivity index (χ2v) is 5.35. The standard InChI is InChI=1S/C15H18N2O2/c1-10-9-16-7-8-17(10)13-12(14(18)15(13)19)11-5-3-2-4-6-11/h2-6,10,12-13,16H,7-9H2,1H3/t10-,12?,13?/m0/s1. The number of rotatable bonds is 2. The van der Waals surface area contributed by atoms with Crippen molar-refractivity contribution in [2.75, 3.05) is 19.6 Å². The molecule has 3 rings (SSSR count). The molecule has 1 aromatic carbocycles. The van der Waals surface area contributed by atoms with Gasteiger partial charge >= 0.3 is 0 Å². The molecular weight excluding hydrogens is 240 g/mol. The lowest BCUT2D eigenvalue weighted by atomic mass is 9.71. The molecule has 4 heteroatoms. The molecule has 2 fully saturated rings. The Bertz CT molecular complexity index is 500. The van der Waals surface area contributed by atoms with Gasteiger partial charge < -0.3 is 5.32 Å². The second-order valence-electron chi connectivity index (χ2n) is 5.35. The van der Waals surface area contributed by atoms with Crippen LogP contribution in [0, 0.1) is 0 Å². The van der Waals surface area contributed by atoms with Crippen LogP contribution in [0.1, 0.15) is 18.4 Å². The topological polar surface area (TPSA) is 49.4 Å². The Hall–Kier alpha value is -1.52. The average molecular weight is 258 g/mol. The van der Waals surface area contributed by atoms with E-state index in [-0.39, 0.29) is 23.5 Å². The van der Waals surface area contributed by atoms with Gasteiger partial charge in [-0.15, -0.1) is 0 Å². The Morgan fingerprint density at radius 3 is 2.58 bits per heavy atom. The van der Waals surface area contributed by atoms with Gasteiger partial charge in [0.15, 0.2) is 0 Å². The summed E-state index contributed by atoms with van der Waals surface area (Å²) >= 11 is 0. The van der Waals surface area contributed by atoms with Crippen LogP contribution in [0.2, 0.25) is 0 Å². The molecule has 1 heterocycles. The molecule has 0 bridgehead atoms. The molecule has 0 spiro atoms. The van der Waals surface area contributed by atoms with Crippen molar-refractivity contribution in [1.29, 1.82) is 0 Å². The summed E-state index contributed by atoms with van der Waals surface area (Å²) in [5.74, 6) is -0.723. The van der Waals surface area contributed by atoms with Gasteiger partial charge in [0.2, 0.25) is 11.6 Å². The van der Waals surface area contributed by atoms with Crippen LogP contribution in [0.5, 0.6) is 0 Å². The molecular formula is C15H18N2O2.